The number of phenols is 5. The van der Waals surface area contributed by atoms with Crippen molar-refractivity contribution in [2.45, 2.75) is 67.4 Å². The first kappa shape index (κ1) is 27.9. The third-order valence-electron chi connectivity index (χ3n) is 4.37. The van der Waals surface area contributed by atoms with Crippen molar-refractivity contribution < 1.29 is 35.1 Å². The van der Waals surface area contributed by atoms with Crippen LogP contribution in [0.4, 0.5) is 0 Å². The summed E-state index contributed by atoms with van der Waals surface area (Å²) >= 11 is 0. The maximum absolute atomic E-state index is 10.1. The number of carbonyl (C=O) groups excluding carboxylic acids is 1. The zero-order chi connectivity index (χ0) is 24.3. The van der Waals surface area contributed by atoms with Crippen LogP contribution in [0.25, 0.3) is 0 Å². The molecule has 7 heteroatoms. The van der Waals surface area contributed by atoms with Crippen LogP contribution in [-0.2, 0) is 11.2 Å². The van der Waals surface area contributed by atoms with Crippen molar-refractivity contribution in [2.75, 3.05) is 0 Å². The Bertz CT molecular complexity index is 821. The van der Waals surface area contributed by atoms with Gasteiger partial charge in [0.2, 0.25) is 0 Å². The summed E-state index contributed by atoms with van der Waals surface area (Å²) in [6.45, 7) is 13.4. The Morgan fingerprint density at radius 2 is 1.39 bits per heavy atom. The second-order valence-corrected chi connectivity index (χ2v) is 6.76. The standard InChI is InChI=1S/C15H14O6.C5H10O.2C2H6/c16-8-5-10(17)9-1-2-13(21-14(9)6-8)7-3-11(18)15(20)12(19)4-7;1-4(2)5(3)6;2*1-2/h3-6,13,16-20H,1-2H2;4H,1-3H3;2*1-2H3/t13-;;;/m0.../s1. The average Bonchev–Trinajstić information content (AvgIpc) is 2.74. The van der Waals surface area contributed by atoms with Gasteiger partial charge in [-0.1, -0.05) is 41.5 Å². The molecule has 0 amide bonds. The van der Waals surface area contributed by atoms with Gasteiger partial charge in [0, 0.05) is 23.6 Å². The van der Waals surface area contributed by atoms with Crippen molar-refractivity contribution in [1.82, 2.24) is 0 Å². The zero-order valence-electron chi connectivity index (χ0n) is 19.4. The Balaban J connectivity index is 0.000000771. The summed E-state index contributed by atoms with van der Waals surface area (Å²) < 4.78 is 5.71. The molecule has 2 aromatic rings. The van der Waals surface area contributed by atoms with E-state index in [1.54, 1.807) is 6.92 Å². The van der Waals surface area contributed by atoms with E-state index in [4.69, 9.17) is 4.74 Å². The summed E-state index contributed by atoms with van der Waals surface area (Å²) in [6.07, 6.45) is 0.583. The normalized spacial score (nSPS) is 13.7. The predicted octanol–water partition coefficient (Wildman–Crippen LogP) is 5.56. The van der Waals surface area contributed by atoms with Crippen molar-refractivity contribution in [3.8, 4) is 34.5 Å². The molecule has 0 saturated carbocycles. The van der Waals surface area contributed by atoms with Gasteiger partial charge in [-0.2, -0.15) is 0 Å². The first-order chi connectivity index (χ1) is 14.6. The molecule has 0 saturated heterocycles. The summed E-state index contributed by atoms with van der Waals surface area (Å²) in [7, 11) is 0. The summed E-state index contributed by atoms with van der Waals surface area (Å²) in [4.78, 5) is 10.1. The molecule has 1 atom stereocenters. The van der Waals surface area contributed by atoms with Gasteiger partial charge < -0.3 is 30.3 Å². The van der Waals surface area contributed by atoms with Crippen LogP contribution in [0.2, 0.25) is 0 Å². The van der Waals surface area contributed by atoms with E-state index < -0.39 is 23.4 Å². The Labute approximate surface area is 184 Å². The Morgan fingerprint density at radius 1 is 0.903 bits per heavy atom. The second-order valence-electron chi connectivity index (χ2n) is 6.76. The number of aromatic hydroxyl groups is 5. The molecule has 0 unspecified atom stereocenters. The number of ether oxygens (including phenoxy) is 1. The van der Waals surface area contributed by atoms with Crippen LogP contribution in [-0.4, -0.2) is 31.3 Å². The van der Waals surface area contributed by atoms with Crippen LogP contribution in [0, 0.1) is 5.92 Å². The average molecular weight is 437 g/mol. The van der Waals surface area contributed by atoms with Crippen LogP contribution in [0.15, 0.2) is 24.3 Å². The van der Waals surface area contributed by atoms with Crippen LogP contribution < -0.4 is 4.74 Å². The van der Waals surface area contributed by atoms with Gasteiger partial charge in [0.1, 0.15) is 29.1 Å². The lowest BCUT2D eigenvalue weighted by Crippen LogP contribution is -2.15. The fraction of sp³-hybridized carbons (Fsp3) is 0.458. The number of hydrogen-bond donors (Lipinski definition) is 5. The molecule has 1 heterocycles. The van der Waals surface area contributed by atoms with E-state index in [9.17, 15) is 30.3 Å². The van der Waals surface area contributed by atoms with Crippen LogP contribution in [0.5, 0.6) is 34.5 Å². The summed E-state index contributed by atoms with van der Waals surface area (Å²) in [5.41, 5.74) is 1.10. The number of phenolic OH excluding ortho intramolecular Hbond substituents is 5. The van der Waals surface area contributed by atoms with Crippen LogP contribution in [0.1, 0.15) is 72.1 Å². The van der Waals surface area contributed by atoms with E-state index in [-0.39, 0.29) is 23.2 Å². The van der Waals surface area contributed by atoms with Crippen molar-refractivity contribution in [3.05, 3.63) is 35.4 Å². The molecule has 0 radical (unpaired) electrons. The van der Waals surface area contributed by atoms with E-state index in [0.29, 0.717) is 29.7 Å². The minimum absolute atomic E-state index is 0.0279. The second kappa shape index (κ2) is 13.3. The smallest absolute Gasteiger partial charge is 0.200 e. The summed E-state index contributed by atoms with van der Waals surface area (Å²) in [5, 5.41) is 47.7. The highest BCUT2D eigenvalue weighted by Gasteiger charge is 2.25. The zero-order valence-corrected chi connectivity index (χ0v) is 19.4. The highest BCUT2D eigenvalue weighted by molar-refractivity contribution is 5.77. The van der Waals surface area contributed by atoms with Crippen molar-refractivity contribution in [2.24, 2.45) is 5.92 Å². The van der Waals surface area contributed by atoms with Crippen molar-refractivity contribution in [1.29, 1.82) is 0 Å². The van der Waals surface area contributed by atoms with E-state index in [2.05, 4.69) is 0 Å². The van der Waals surface area contributed by atoms with Gasteiger partial charge in [0.25, 0.3) is 0 Å². The number of carbonyl (C=O) groups is 1. The lowest BCUT2D eigenvalue weighted by molar-refractivity contribution is -0.119. The van der Waals surface area contributed by atoms with E-state index in [0.717, 1.165) is 0 Å². The van der Waals surface area contributed by atoms with Gasteiger partial charge in [-0.25, -0.2) is 0 Å². The minimum atomic E-state index is -0.578. The van der Waals surface area contributed by atoms with Crippen LogP contribution in [0.3, 0.4) is 0 Å². The molecule has 0 aromatic heterocycles. The minimum Gasteiger partial charge on any atom is -0.508 e. The van der Waals surface area contributed by atoms with Gasteiger partial charge in [-0.05, 0) is 37.5 Å². The Kier molecular flexibility index (Phi) is 11.9. The highest BCUT2D eigenvalue weighted by atomic mass is 16.5. The number of hydrogen-bond acceptors (Lipinski definition) is 7. The Morgan fingerprint density at radius 3 is 1.84 bits per heavy atom. The SMILES string of the molecule is CC.CC.CC(=O)C(C)C.Oc1cc(O)c2c(c1)O[C@H](c1cc(O)c(O)c(O)c1)CC2. The molecule has 0 aliphatic carbocycles. The monoisotopic (exact) mass is 436 g/mol. The fourth-order valence-electron chi connectivity index (χ4n) is 2.51. The molecule has 174 valence electrons. The molecule has 7 nitrogen and oxygen atoms in total. The third kappa shape index (κ3) is 7.92. The molecule has 3 rings (SSSR count). The van der Waals surface area contributed by atoms with Gasteiger partial charge in [0.05, 0.1) is 0 Å². The number of fused-ring (bicyclic) bond motifs is 1. The van der Waals surface area contributed by atoms with Crippen LogP contribution >= 0.6 is 0 Å². The molecular formula is C24H36O7. The van der Waals surface area contributed by atoms with E-state index >= 15 is 0 Å². The lowest BCUT2D eigenvalue weighted by atomic mass is 9.96. The highest BCUT2D eigenvalue weighted by Crippen LogP contribution is 2.44. The maximum atomic E-state index is 10.1. The largest absolute Gasteiger partial charge is 0.508 e. The number of Topliss-reactive ketones (excluding diaryl/α,β-unsaturated/α-hetero) is 1. The quantitative estimate of drug-likeness (QED) is 0.390. The molecule has 0 spiro atoms. The third-order valence-corrected chi connectivity index (χ3v) is 4.37. The van der Waals surface area contributed by atoms with Gasteiger partial charge in [-0.15, -0.1) is 0 Å². The Hall–Kier alpha value is -3.09. The molecule has 0 bridgehead atoms. The predicted molar refractivity (Wildman–Crippen MR) is 121 cm³/mol. The maximum Gasteiger partial charge on any atom is 0.200 e. The first-order valence-electron chi connectivity index (χ1n) is 10.6. The first-order valence-corrected chi connectivity index (χ1v) is 10.6. The van der Waals surface area contributed by atoms with E-state index in [1.807, 2.05) is 41.5 Å². The molecule has 1 aliphatic rings. The van der Waals surface area contributed by atoms with Gasteiger partial charge in [-0.3, -0.25) is 4.79 Å². The topological polar surface area (TPSA) is 127 Å². The molecule has 0 fully saturated rings. The lowest BCUT2D eigenvalue weighted by Gasteiger charge is -2.27. The number of ketones is 1. The molecule has 5 N–H and O–H groups in total. The summed E-state index contributed by atoms with van der Waals surface area (Å²) in [6, 6.07) is 5.28. The van der Waals surface area contributed by atoms with Crippen molar-refractivity contribution in [3.63, 3.8) is 0 Å². The van der Waals surface area contributed by atoms with E-state index in [1.165, 1.54) is 24.3 Å². The van der Waals surface area contributed by atoms with Gasteiger partial charge in [0.15, 0.2) is 17.2 Å². The van der Waals surface area contributed by atoms with Crippen molar-refractivity contribution >= 4 is 5.78 Å². The summed E-state index contributed by atoms with van der Waals surface area (Å²) in [5.74, 6) is -0.750. The number of benzene rings is 2. The molecular weight excluding hydrogens is 400 g/mol. The molecule has 1 aliphatic heterocycles. The van der Waals surface area contributed by atoms with Gasteiger partial charge >= 0.3 is 0 Å². The molecule has 31 heavy (non-hydrogen) atoms. The molecule has 2 aromatic carbocycles. The fourth-order valence-corrected chi connectivity index (χ4v) is 2.51. The number of rotatable bonds is 2.